The zero-order valence-electron chi connectivity index (χ0n) is 13.4. The number of hydrogen-bond donors (Lipinski definition) is 1. The standard InChI is InChI=1S/C19H23NO2/c1-13(14-7-5-4-6-8-14)19-16-12-18(22-3)17(21-2)11-15(16)9-10-20-19/h4-8,11-13,19-20H,9-10H2,1-3H3. The Kier molecular flexibility index (Phi) is 4.34. The monoisotopic (exact) mass is 297 g/mol. The van der Waals surface area contributed by atoms with Gasteiger partial charge in [0.15, 0.2) is 11.5 Å². The molecule has 2 aromatic rings. The lowest BCUT2D eigenvalue weighted by molar-refractivity contribution is 0.351. The quantitative estimate of drug-likeness (QED) is 0.933. The van der Waals surface area contributed by atoms with Gasteiger partial charge in [-0.25, -0.2) is 0 Å². The molecule has 0 radical (unpaired) electrons. The van der Waals surface area contributed by atoms with E-state index in [9.17, 15) is 0 Å². The van der Waals surface area contributed by atoms with E-state index in [-0.39, 0.29) is 0 Å². The Labute approximate surface area is 132 Å². The first-order valence-electron chi connectivity index (χ1n) is 7.77. The zero-order chi connectivity index (χ0) is 15.5. The van der Waals surface area contributed by atoms with Crippen LogP contribution in [0.1, 0.15) is 35.6 Å². The fraction of sp³-hybridized carbons (Fsp3) is 0.368. The number of benzene rings is 2. The van der Waals surface area contributed by atoms with Crippen LogP contribution in [-0.2, 0) is 6.42 Å². The maximum atomic E-state index is 5.48. The maximum absolute atomic E-state index is 5.48. The van der Waals surface area contributed by atoms with Crippen LogP contribution in [0.2, 0.25) is 0 Å². The highest BCUT2D eigenvalue weighted by Crippen LogP contribution is 2.40. The normalized spacial score (nSPS) is 18.4. The predicted octanol–water partition coefficient (Wildman–Crippen LogP) is 3.69. The average Bonchev–Trinajstić information content (AvgIpc) is 2.60. The van der Waals surface area contributed by atoms with Gasteiger partial charge in [-0.1, -0.05) is 37.3 Å². The molecule has 0 aliphatic carbocycles. The van der Waals surface area contributed by atoms with Crippen LogP contribution < -0.4 is 14.8 Å². The van der Waals surface area contributed by atoms with Crippen LogP contribution in [0.4, 0.5) is 0 Å². The van der Waals surface area contributed by atoms with Gasteiger partial charge in [0.2, 0.25) is 0 Å². The highest BCUT2D eigenvalue weighted by atomic mass is 16.5. The van der Waals surface area contributed by atoms with Gasteiger partial charge in [0.25, 0.3) is 0 Å². The van der Waals surface area contributed by atoms with Gasteiger partial charge in [-0.3, -0.25) is 0 Å². The third-order valence-corrected chi connectivity index (χ3v) is 4.56. The molecule has 0 spiro atoms. The Hall–Kier alpha value is -2.00. The van der Waals surface area contributed by atoms with Crippen molar-refractivity contribution in [3.05, 3.63) is 59.2 Å². The lowest BCUT2D eigenvalue weighted by Crippen LogP contribution is -2.33. The topological polar surface area (TPSA) is 30.5 Å². The van der Waals surface area contributed by atoms with Gasteiger partial charge in [0.05, 0.1) is 14.2 Å². The molecule has 0 saturated heterocycles. The molecule has 1 aliphatic heterocycles. The molecule has 22 heavy (non-hydrogen) atoms. The van der Waals surface area contributed by atoms with E-state index in [1.807, 2.05) is 0 Å². The van der Waals surface area contributed by atoms with Crippen molar-refractivity contribution in [3.8, 4) is 11.5 Å². The van der Waals surface area contributed by atoms with E-state index >= 15 is 0 Å². The summed E-state index contributed by atoms with van der Waals surface area (Å²) in [7, 11) is 3.38. The first-order chi connectivity index (χ1) is 10.7. The minimum Gasteiger partial charge on any atom is -0.493 e. The Morgan fingerprint density at radius 3 is 2.41 bits per heavy atom. The number of ether oxygens (including phenoxy) is 2. The van der Waals surface area contributed by atoms with Crippen LogP contribution in [0.25, 0.3) is 0 Å². The van der Waals surface area contributed by atoms with Crippen molar-refractivity contribution in [1.82, 2.24) is 5.32 Å². The first kappa shape index (κ1) is 14.9. The summed E-state index contributed by atoms with van der Waals surface area (Å²) in [6.07, 6.45) is 1.02. The molecular formula is C19H23NO2. The van der Waals surface area contributed by atoms with Gasteiger partial charge in [-0.15, -0.1) is 0 Å². The molecular weight excluding hydrogens is 274 g/mol. The van der Waals surface area contributed by atoms with E-state index in [1.165, 1.54) is 16.7 Å². The van der Waals surface area contributed by atoms with Crippen LogP contribution in [0, 0.1) is 0 Å². The molecule has 3 nitrogen and oxygen atoms in total. The second-order valence-corrected chi connectivity index (χ2v) is 5.79. The van der Waals surface area contributed by atoms with Gasteiger partial charge in [-0.2, -0.15) is 0 Å². The summed E-state index contributed by atoms with van der Waals surface area (Å²) in [5.41, 5.74) is 4.02. The summed E-state index contributed by atoms with van der Waals surface area (Å²) in [6.45, 7) is 3.27. The van der Waals surface area contributed by atoms with Gasteiger partial charge < -0.3 is 14.8 Å². The minimum absolute atomic E-state index is 0.297. The van der Waals surface area contributed by atoms with Gasteiger partial charge in [0, 0.05) is 12.0 Å². The van der Waals surface area contributed by atoms with Crippen molar-refractivity contribution in [2.45, 2.75) is 25.3 Å². The molecule has 0 amide bonds. The van der Waals surface area contributed by atoms with Crippen molar-refractivity contribution in [2.24, 2.45) is 0 Å². The largest absolute Gasteiger partial charge is 0.493 e. The maximum Gasteiger partial charge on any atom is 0.161 e. The van der Waals surface area contributed by atoms with E-state index in [4.69, 9.17) is 9.47 Å². The summed E-state index contributed by atoms with van der Waals surface area (Å²) in [6, 6.07) is 15.2. The summed E-state index contributed by atoms with van der Waals surface area (Å²) in [5.74, 6) is 2.02. The summed E-state index contributed by atoms with van der Waals surface area (Å²) in [5, 5.41) is 3.67. The zero-order valence-corrected chi connectivity index (χ0v) is 13.4. The molecule has 0 fully saturated rings. The number of nitrogens with one attached hydrogen (secondary N) is 1. The van der Waals surface area contributed by atoms with Crippen LogP contribution >= 0.6 is 0 Å². The van der Waals surface area contributed by atoms with E-state index in [1.54, 1.807) is 14.2 Å². The second-order valence-electron chi connectivity index (χ2n) is 5.79. The fourth-order valence-corrected chi connectivity index (χ4v) is 3.31. The highest BCUT2D eigenvalue weighted by molar-refractivity contribution is 5.50. The molecule has 2 aromatic carbocycles. The van der Waals surface area contributed by atoms with Crippen LogP contribution in [0.5, 0.6) is 11.5 Å². The van der Waals surface area contributed by atoms with Crippen molar-refractivity contribution in [1.29, 1.82) is 0 Å². The highest BCUT2D eigenvalue weighted by Gasteiger charge is 2.27. The summed E-state index contributed by atoms with van der Waals surface area (Å²) >= 11 is 0. The second kappa shape index (κ2) is 6.41. The smallest absolute Gasteiger partial charge is 0.161 e. The van der Waals surface area contributed by atoms with Gasteiger partial charge in [0.1, 0.15) is 0 Å². The third-order valence-electron chi connectivity index (χ3n) is 4.56. The summed E-state index contributed by atoms with van der Waals surface area (Å²) < 4.78 is 10.9. The van der Waals surface area contributed by atoms with Crippen LogP contribution in [-0.4, -0.2) is 20.8 Å². The van der Waals surface area contributed by atoms with Gasteiger partial charge >= 0.3 is 0 Å². The molecule has 116 valence electrons. The fourth-order valence-electron chi connectivity index (χ4n) is 3.31. The van der Waals surface area contributed by atoms with Crippen molar-refractivity contribution in [2.75, 3.05) is 20.8 Å². The minimum atomic E-state index is 0.297. The molecule has 0 bridgehead atoms. The van der Waals surface area contributed by atoms with Crippen molar-refractivity contribution < 1.29 is 9.47 Å². The molecule has 3 heteroatoms. The molecule has 1 heterocycles. The van der Waals surface area contributed by atoms with Crippen molar-refractivity contribution >= 4 is 0 Å². The van der Waals surface area contributed by atoms with E-state index < -0.39 is 0 Å². The van der Waals surface area contributed by atoms with Gasteiger partial charge in [-0.05, 0) is 41.8 Å². The van der Waals surface area contributed by atoms with E-state index in [0.29, 0.717) is 12.0 Å². The molecule has 1 N–H and O–H groups in total. The average molecular weight is 297 g/mol. The van der Waals surface area contributed by atoms with E-state index in [0.717, 1.165) is 24.5 Å². The molecule has 0 aromatic heterocycles. The molecule has 2 unspecified atom stereocenters. The number of rotatable bonds is 4. The van der Waals surface area contributed by atoms with Crippen molar-refractivity contribution in [3.63, 3.8) is 0 Å². The molecule has 2 atom stereocenters. The Balaban J connectivity index is 2.00. The number of hydrogen-bond acceptors (Lipinski definition) is 3. The third kappa shape index (κ3) is 2.69. The SMILES string of the molecule is COc1cc2c(cc1OC)C(C(C)c1ccccc1)NCC2. The lowest BCUT2D eigenvalue weighted by Gasteiger charge is -2.32. The number of fused-ring (bicyclic) bond motifs is 1. The van der Waals surface area contributed by atoms with Crippen LogP contribution in [0.15, 0.2) is 42.5 Å². The Morgan fingerprint density at radius 1 is 1.05 bits per heavy atom. The lowest BCUT2D eigenvalue weighted by atomic mass is 9.83. The molecule has 1 aliphatic rings. The van der Waals surface area contributed by atoms with E-state index in [2.05, 4.69) is 54.7 Å². The predicted molar refractivity (Wildman–Crippen MR) is 88.9 cm³/mol. The Morgan fingerprint density at radius 2 is 1.73 bits per heavy atom. The Bertz CT molecular complexity index is 639. The molecule has 3 rings (SSSR count). The summed E-state index contributed by atoms with van der Waals surface area (Å²) in [4.78, 5) is 0. The van der Waals surface area contributed by atoms with Crippen LogP contribution in [0.3, 0.4) is 0 Å². The first-order valence-corrected chi connectivity index (χ1v) is 7.77. The molecule has 0 saturated carbocycles. The number of methoxy groups -OCH3 is 2.